The summed E-state index contributed by atoms with van der Waals surface area (Å²) in [6.45, 7) is 9.93. The first-order chi connectivity index (χ1) is 10.2. The molecule has 1 N–H and O–H groups in total. The highest BCUT2D eigenvalue weighted by molar-refractivity contribution is 4.74. The van der Waals surface area contributed by atoms with Gasteiger partial charge in [0.25, 0.3) is 0 Å². The van der Waals surface area contributed by atoms with Crippen molar-refractivity contribution >= 4 is 0 Å². The Morgan fingerprint density at radius 2 is 1.52 bits per heavy atom. The average Bonchev–Trinajstić information content (AvgIpc) is 2.52. The van der Waals surface area contributed by atoms with Crippen LogP contribution in [0.15, 0.2) is 0 Å². The summed E-state index contributed by atoms with van der Waals surface area (Å²) in [5, 5.41) is 3.76. The van der Waals surface area contributed by atoms with Crippen molar-refractivity contribution < 1.29 is 0 Å². The minimum absolute atomic E-state index is 0.821. The van der Waals surface area contributed by atoms with Crippen molar-refractivity contribution in [3.63, 3.8) is 0 Å². The van der Waals surface area contributed by atoms with Crippen LogP contribution in [-0.4, -0.2) is 87.2 Å². The molecule has 1 heterocycles. The van der Waals surface area contributed by atoms with Gasteiger partial charge in [0.15, 0.2) is 0 Å². The van der Waals surface area contributed by atoms with Gasteiger partial charge in [-0.25, -0.2) is 0 Å². The van der Waals surface area contributed by atoms with E-state index in [0.717, 1.165) is 6.04 Å². The molecule has 0 unspecified atom stereocenters. The van der Waals surface area contributed by atoms with Crippen LogP contribution in [0.1, 0.15) is 38.5 Å². The molecule has 4 nitrogen and oxygen atoms in total. The van der Waals surface area contributed by atoms with Crippen LogP contribution < -0.4 is 5.32 Å². The second-order valence-electron chi connectivity index (χ2n) is 7.13. The Labute approximate surface area is 131 Å². The summed E-state index contributed by atoms with van der Waals surface area (Å²) >= 11 is 0. The van der Waals surface area contributed by atoms with E-state index >= 15 is 0 Å². The lowest BCUT2D eigenvalue weighted by Crippen LogP contribution is -2.48. The van der Waals surface area contributed by atoms with Gasteiger partial charge in [0, 0.05) is 45.3 Å². The molecule has 1 saturated carbocycles. The Hall–Kier alpha value is -0.160. The number of piperazine rings is 1. The number of nitrogens with zero attached hydrogens (tertiary/aromatic N) is 3. The van der Waals surface area contributed by atoms with Crippen LogP contribution in [0.2, 0.25) is 0 Å². The normalized spacial score (nSPS) is 23.0. The van der Waals surface area contributed by atoms with Gasteiger partial charge in [-0.05, 0) is 46.4 Å². The topological polar surface area (TPSA) is 21.8 Å². The molecule has 2 fully saturated rings. The molecule has 1 saturated heterocycles. The smallest absolute Gasteiger partial charge is 0.0110 e. The van der Waals surface area contributed by atoms with Gasteiger partial charge in [-0.2, -0.15) is 0 Å². The van der Waals surface area contributed by atoms with E-state index in [1.165, 1.54) is 90.9 Å². The van der Waals surface area contributed by atoms with Gasteiger partial charge < -0.3 is 15.1 Å². The van der Waals surface area contributed by atoms with E-state index in [2.05, 4.69) is 34.1 Å². The SMILES string of the molecule is CN(C)CCN1CCN(CCCNC2CCCCC2)CC1. The summed E-state index contributed by atoms with van der Waals surface area (Å²) in [5.74, 6) is 0. The number of nitrogens with one attached hydrogen (secondary N) is 1. The maximum Gasteiger partial charge on any atom is 0.0110 e. The van der Waals surface area contributed by atoms with Crippen molar-refractivity contribution in [2.45, 2.75) is 44.6 Å². The summed E-state index contributed by atoms with van der Waals surface area (Å²) in [6.07, 6.45) is 8.46. The predicted molar refractivity (Wildman–Crippen MR) is 90.9 cm³/mol. The number of hydrogen-bond acceptors (Lipinski definition) is 4. The van der Waals surface area contributed by atoms with Crippen molar-refractivity contribution in [1.29, 1.82) is 0 Å². The lowest BCUT2D eigenvalue weighted by molar-refractivity contribution is 0.124. The van der Waals surface area contributed by atoms with Crippen LogP contribution in [0.4, 0.5) is 0 Å². The molecular weight excluding hydrogens is 260 g/mol. The van der Waals surface area contributed by atoms with E-state index < -0.39 is 0 Å². The molecule has 2 aliphatic rings. The predicted octanol–water partition coefficient (Wildman–Crippen LogP) is 1.48. The zero-order chi connectivity index (χ0) is 14.9. The molecule has 0 aromatic carbocycles. The fraction of sp³-hybridized carbons (Fsp3) is 1.00. The lowest BCUT2D eigenvalue weighted by atomic mass is 9.95. The van der Waals surface area contributed by atoms with Gasteiger partial charge in [-0.1, -0.05) is 19.3 Å². The van der Waals surface area contributed by atoms with E-state index in [1.54, 1.807) is 0 Å². The maximum absolute atomic E-state index is 3.76. The van der Waals surface area contributed by atoms with Crippen molar-refractivity contribution in [3.8, 4) is 0 Å². The van der Waals surface area contributed by atoms with Crippen LogP contribution in [0, 0.1) is 0 Å². The third kappa shape index (κ3) is 7.09. The molecule has 1 aliphatic carbocycles. The first-order valence-corrected chi connectivity index (χ1v) is 9.07. The minimum atomic E-state index is 0.821. The largest absolute Gasteiger partial charge is 0.314 e. The quantitative estimate of drug-likeness (QED) is 0.685. The first-order valence-electron chi connectivity index (χ1n) is 9.07. The third-order valence-corrected chi connectivity index (χ3v) is 5.02. The number of likely N-dealkylation sites (N-methyl/N-ethyl adjacent to an activating group) is 1. The van der Waals surface area contributed by atoms with Crippen molar-refractivity contribution in [1.82, 2.24) is 20.0 Å². The number of rotatable bonds is 8. The molecule has 0 amide bonds. The highest BCUT2D eigenvalue weighted by Crippen LogP contribution is 2.17. The van der Waals surface area contributed by atoms with Gasteiger partial charge in [0.1, 0.15) is 0 Å². The van der Waals surface area contributed by atoms with Crippen molar-refractivity contribution in [2.24, 2.45) is 0 Å². The van der Waals surface area contributed by atoms with E-state index in [0.29, 0.717) is 0 Å². The van der Waals surface area contributed by atoms with Crippen LogP contribution in [0.25, 0.3) is 0 Å². The zero-order valence-corrected chi connectivity index (χ0v) is 14.3. The molecule has 0 atom stereocenters. The summed E-state index contributed by atoms with van der Waals surface area (Å²) in [4.78, 5) is 7.54. The Kier molecular flexibility index (Phi) is 8.01. The fourth-order valence-electron chi connectivity index (χ4n) is 3.49. The fourth-order valence-corrected chi connectivity index (χ4v) is 3.49. The van der Waals surface area contributed by atoms with Crippen molar-refractivity contribution in [3.05, 3.63) is 0 Å². The molecule has 21 heavy (non-hydrogen) atoms. The van der Waals surface area contributed by atoms with Gasteiger partial charge in [0.05, 0.1) is 0 Å². The summed E-state index contributed by atoms with van der Waals surface area (Å²) in [7, 11) is 4.32. The molecule has 1 aliphatic heterocycles. The standard InChI is InChI=1S/C17H36N4/c1-19(2)11-12-21-15-13-20(14-16-21)10-6-9-18-17-7-4-3-5-8-17/h17-18H,3-16H2,1-2H3. The third-order valence-electron chi connectivity index (χ3n) is 5.02. The average molecular weight is 297 g/mol. The highest BCUT2D eigenvalue weighted by Gasteiger charge is 2.16. The molecule has 0 spiro atoms. The summed E-state index contributed by atoms with van der Waals surface area (Å²) in [5.41, 5.74) is 0. The summed E-state index contributed by atoms with van der Waals surface area (Å²) in [6, 6.07) is 0.821. The minimum Gasteiger partial charge on any atom is -0.314 e. The van der Waals surface area contributed by atoms with Crippen LogP contribution in [0.5, 0.6) is 0 Å². The molecule has 0 radical (unpaired) electrons. The van der Waals surface area contributed by atoms with Crippen LogP contribution >= 0.6 is 0 Å². The molecule has 0 aromatic heterocycles. The Morgan fingerprint density at radius 3 is 2.14 bits per heavy atom. The molecule has 2 rings (SSSR count). The monoisotopic (exact) mass is 296 g/mol. The molecule has 0 aromatic rings. The second-order valence-corrected chi connectivity index (χ2v) is 7.13. The van der Waals surface area contributed by atoms with Gasteiger partial charge in [0.2, 0.25) is 0 Å². The van der Waals surface area contributed by atoms with Crippen LogP contribution in [-0.2, 0) is 0 Å². The molecule has 0 bridgehead atoms. The van der Waals surface area contributed by atoms with E-state index in [-0.39, 0.29) is 0 Å². The number of hydrogen-bond donors (Lipinski definition) is 1. The van der Waals surface area contributed by atoms with Crippen molar-refractivity contribution in [2.75, 3.05) is 66.5 Å². The zero-order valence-electron chi connectivity index (χ0n) is 14.3. The van der Waals surface area contributed by atoms with E-state index in [1.807, 2.05) is 0 Å². The second kappa shape index (κ2) is 9.78. The highest BCUT2D eigenvalue weighted by atomic mass is 15.3. The van der Waals surface area contributed by atoms with Gasteiger partial charge in [-0.15, -0.1) is 0 Å². The molecule has 4 heteroatoms. The van der Waals surface area contributed by atoms with Gasteiger partial charge >= 0.3 is 0 Å². The Bertz CT molecular complexity index is 256. The van der Waals surface area contributed by atoms with Crippen LogP contribution in [0.3, 0.4) is 0 Å². The lowest BCUT2D eigenvalue weighted by Gasteiger charge is -2.35. The van der Waals surface area contributed by atoms with E-state index in [4.69, 9.17) is 0 Å². The molecule has 124 valence electrons. The molecular formula is C17H36N4. The van der Waals surface area contributed by atoms with E-state index in [9.17, 15) is 0 Å². The first kappa shape index (κ1) is 17.2. The Morgan fingerprint density at radius 1 is 0.905 bits per heavy atom. The maximum atomic E-state index is 3.76. The summed E-state index contributed by atoms with van der Waals surface area (Å²) < 4.78 is 0. The Balaban J connectivity index is 1.47. The van der Waals surface area contributed by atoms with Gasteiger partial charge in [-0.3, -0.25) is 4.90 Å².